The fourth-order valence-electron chi connectivity index (χ4n) is 5.58. The summed E-state index contributed by atoms with van der Waals surface area (Å²) in [4.78, 5) is 69.0. The van der Waals surface area contributed by atoms with E-state index in [0.29, 0.717) is 30.4 Å². The number of ether oxygens (including phenoxy) is 1. The first-order chi connectivity index (χ1) is 20.2. The lowest BCUT2D eigenvalue weighted by Crippen LogP contribution is -2.50. The number of nitrogens with two attached hydrogens (primary N) is 2. The van der Waals surface area contributed by atoms with Crippen LogP contribution in [0.15, 0.2) is 53.5 Å². The van der Waals surface area contributed by atoms with Gasteiger partial charge >= 0.3 is 5.97 Å². The van der Waals surface area contributed by atoms with E-state index < -0.39 is 23.0 Å². The second kappa shape index (κ2) is 12.9. The van der Waals surface area contributed by atoms with E-state index >= 15 is 0 Å². The summed E-state index contributed by atoms with van der Waals surface area (Å²) in [6.45, 7) is 2.01. The van der Waals surface area contributed by atoms with Crippen molar-refractivity contribution in [3.8, 4) is 5.75 Å². The highest BCUT2D eigenvalue weighted by Crippen LogP contribution is 2.47. The van der Waals surface area contributed by atoms with Crippen LogP contribution >= 0.6 is 0 Å². The molecule has 1 fully saturated rings. The van der Waals surface area contributed by atoms with Gasteiger partial charge in [-0.25, -0.2) is 4.79 Å². The van der Waals surface area contributed by atoms with E-state index in [-0.39, 0.29) is 43.0 Å². The van der Waals surface area contributed by atoms with E-state index in [9.17, 15) is 24.0 Å². The summed E-state index contributed by atoms with van der Waals surface area (Å²) in [7, 11) is 0. The maximum absolute atomic E-state index is 13.6. The van der Waals surface area contributed by atoms with Gasteiger partial charge in [0.2, 0.25) is 5.91 Å². The van der Waals surface area contributed by atoms with Crippen LogP contribution in [0.3, 0.4) is 0 Å². The van der Waals surface area contributed by atoms with Gasteiger partial charge in [-0.05, 0) is 49.1 Å². The quantitative estimate of drug-likeness (QED) is 0.0479. The first-order valence-corrected chi connectivity index (χ1v) is 13.9. The predicted octanol–water partition coefficient (Wildman–Crippen LogP) is 0.860. The van der Waals surface area contributed by atoms with E-state index in [1.807, 2.05) is 6.07 Å². The number of rotatable bonds is 14. The van der Waals surface area contributed by atoms with Crippen molar-refractivity contribution in [3.63, 3.8) is 0 Å². The molecule has 42 heavy (non-hydrogen) atoms. The molecule has 0 radical (unpaired) electrons. The average molecular weight is 577 g/mol. The molecule has 2 heterocycles. The van der Waals surface area contributed by atoms with Crippen LogP contribution in [-0.2, 0) is 25.6 Å². The number of hydrogen-bond donors (Lipinski definition) is 4. The first-order valence-electron chi connectivity index (χ1n) is 13.9. The van der Waals surface area contributed by atoms with Crippen LogP contribution in [0.1, 0.15) is 48.5 Å². The molecular weight excluding hydrogens is 540 g/mol. The molecule has 0 spiro atoms. The number of carbonyl (C=O) groups is 5. The second-order valence-electron chi connectivity index (χ2n) is 10.7. The topological polar surface area (TPSA) is 196 Å². The van der Waals surface area contributed by atoms with Gasteiger partial charge in [-0.15, -0.1) is 0 Å². The molecule has 6 N–H and O–H groups in total. The van der Waals surface area contributed by atoms with E-state index in [0.717, 1.165) is 31.2 Å². The standard InChI is InChI=1S/C30H36N6O6/c1-20(30(29(19-38,35-30)13-15-37)27(41)42-22-9-5-2-6-10-22)18-36-24-12-11-21(8-4-3-7-14-33-28(31)32)16-23(24)26(40)34-17-25(36)39/h2,5-6,9-12,15-16,19-20,35H,3-4,7-8,13-14,17-18H2,1H3,(H,34,40)(H4,31,32,33)/t20?,29?,30-/m0/s1. The Kier molecular flexibility index (Phi) is 9.36. The molecule has 1 saturated heterocycles. The number of anilines is 1. The van der Waals surface area contributed by atoms with Crippen molar-refractivity contribution < 1.29 is 28.7 Å². The number of aldehydes is 2. The monoisotopic (exact) mass is 576 g/mol. The van der Waals surface area contributed by atoms with Crippen molar-refractivity contribution in [2.45, 2.75) is 50.1 Å². The molecule has 222 valence electrons. The summed E-state index contributed by atoms with van der Waals surface area (Å²) >= 11 is 0. The summed E-state index contributed by atoms with van der Waals surface area (Å²) in [6, 6.07) is 13.8. The Balaban J connectivity index is 1.56. The van der Waals surface area contributed by atoms with E-state index in [2.05, 4.69) is 15.6 Å². The molecule has 2 aliphatic heterocycles. The van der Waals surface area contributed by atoms with Crippen LogP contribution in [0.5, 0.6) is 5.75 Å². The maximum atomic E-state index is 13.6. The summed E-state index contributed by atoms with van der Waals surface area (Å²) in [5.41, 5.74) is 9.34. The number of amides is 2. The highest BCUT2D eigenvalue weighted by Gasteiger charge is 2.75. The smallest absolute Gasteiger partial charge is 0.334 e. The minimum absolute atomic E-state index is 0.0176. The Bertz CT molecular complexity index is 1380. The third-order valence-electron chi connectivity index (χ3n) is 7.85. The minimum Gasteiger partial charge on any atom is -0.425 e. The highest BCUT2D eigenvalue weighted by molar-refractivity contribution is 6.10. The zero-order valence-corrected chi connectivity index (χ0v) is 23.5. The minimum atomic E-state index is -1.56. The van der Waals surface area contributed by atoms with Gasteiger partial charge in [0.15, 0.2) is 5.96 Å². The molecule has 2 unspecified atom stereocenters. The number of para-hydroxylation sites is 1. The molecule has 2 aliphatic rings. The fraction of sp³-hybridized carbons (Fsp3) is 0.400. The van der Waals surface area contributed by atoms with Gasteiger partial charge in [0.05, 0.1) is 17.8 Å². The van der Waals surface area contributed by atoms with Gasteiger partial charge in [0.1, 0.15) is 29.4 Å². The number of aliphatic imine (C=N–C) groups is 1. The van der Waals surface area contributed by atoms with Crippen LogP contribution in [0, 0.1) is 5.92 Å². The Labute approximate surface area is 243 Å². The van der Waals surface area contributed by atoms with Crippen molar-refractivity contribution >= 4 is 42.0 Å². The number of nitrogens with one attached hydrogen (secondary N) is 2. The number of guanidine groups is 1. The van der Waals surface area contributed by atoms with Gasteiger partial charge in [0.25, 0.3) is 5.91 Å². The molecule has 3 atom stereocenters. The lowest BCUT2D eigenvalue weighted by Gasteiger charge is -2.30. The number of benzene rings is 2. The zero-order chi connectivity index (χ0) is 30.3. The third kappa shape index (κ3) is 6.18. The number of fused-ring (bicyclic) bond motifs is 1. The number of unbranched alkanes of at least 4 members (excludes halogenated alkanes) is 2. The Morgan fingerprint density at radius 3 is 2.57 bits per heavy atom. The van der Waals surface area contributed by atoms with Crippen LogP contribution in [0.4, 0.5) is 5.69 Å². The lowest BCUT2D eigenvalue weighted by molar-refractivity contribution is -0.140. The molecule has 0 saturated carbocycles. The first kappa shape index (κ1) is 30.4. The van der Waals surface area contributed by atoms with Crippen molar-refractivity contribution in [1.29, 1.82) is 0 Å². The summed E-state index contributed by atoms with van der Waals surface area (Å²) in [5.74, 6) is -1.83. The van der Waals surface area contributed by atoms with Crippen LogP contribution in [0.2, 0.25) is 0 Å². The molecule has 0 aromatic heterocycles. The molecule has 2 aromatic rings. The van der Waals surface area contributed by atoms with Crippen molar-refractivity contribution in [3.05, 3.63) is 59.7 Å². The Hall–Kier alpha value is -4.58. The van der Waals surface area contributed by atoms with Crippen LogP contribution in [0.25, 0.3) is 0 Å². The van der Waals surface area contributed by atoms with Gasteiger partial charge in [0, 0.05) is 25.4 Å². The molecule has 2 aromatic carbocycles. The number of aryl methyl sites for hydroxylation is 1. The summed E-state index contributed by atoms with van der Waals surface area (Å²) < 4.78 is 5.62. The highest BCUT2D eigenvalue weighted by atomic mass is 16.5. The molecule has 0 aliphatic carbocycles. The molecule has 12 heteroatoms. The number of hydrogen-bond acceptors (Lipinski definition) is 8. The molecule has 4 rings (SSSR count). The third-order valence-corrected chi connectivity index (χ3v) is 7.85. The van der Waals surface area contributed by atoms with E-state index in [1.165, 1.54) is 4.90 Å². The normalized spacial score (nSPS) is 21.8. The lowest BCUT2D eigenvalue weighted by atomic mass is 9.81. The van der Waals surface area contributed by atoms with Crippen molar-refractivity contribution in [2.24, 2.45) is 22.4 Å². The number of nitrogens with zero attached hydrogens (tertiary/aromatic N) is 2. The zero-order valence-electron chi connectivity index (χ0n) is 23.5. The second-order valence-corrected chi connectivity index (χ2v) is 10.7. The van der Waals surface area contributed by atoms with Crippen LogP contribution < -0.4 is 31.7 Å². The average Bonchev–Trinajstić information content (AvgIpc) is 3.68. The Morgan fingerprint density at radius 1 is 1.12 bits per heavy atom. The van der Waals surface area contributed by atoms with Gasteiger partial charge in [-0.2, -0.15) is 0 Å². The van der Waals surface area contributed by atoms with Gasteiger partial charge in [-0.3, -0.25) is 19.9 Å². The molecular formula is C30H36N6O6. The van der Waals surface area contributed by atoms with E-state index in [1.54, 1.807) is 49.4 Å². The maximum Gasteiger partial charge on any atom is 0.334 e. The van der Waals surface area contributed by atoms with Crippen molar-refractivity contribution in [1.82, 2.24) is 10.6 Å². The molecule has 0 bridgehead atoms. The number of esters is 1. The predicted molar refractivity (Wildman–Crippen MR) is 156 cm³/mol. The van der Waals surface area contributed by atoms with Gasteiger partial charge in [-0.1, -0.05) is 37.6 Å². The van der Waals surface area contributed by atoms with Crippen molar-refractivity contribution in [2.75, 3.05) is 24.5 Å². The molecule has 2 amide bonds. The van der Waals surface area contributed by atoms with Gasteiger partial charge < -0.3 is 36.0 Å². The largest absolute Gasteiger partial charge is 0.425 e. The van der Waals surface area contributed by atoms with Crippen LogP contribution in [-0.4, -0.2) is 67.0 Å². The Morgan fingerprint density at radius 2 is 1.88 bits per heavy atom. The van der Waals surface area contributed by atoms with E-state index in [4.69, 9.17) is 16.2 Å². The molecule has 12 nitrogen and oxygen atoms in total. The summed E-state index contributed by atoms with van der Waals surface area (Å²) in [5, 5.41) is 5.61. The summed E-state index contributed by atoms with van der Waals surface area (Å²) in [6.07, 6.45) is 4.19. The number of carbonyl (C=O) groups excluding carboxylic acids is 5. The SMILES string of the molecule is CC(CN1C(=O)CNC(=O)c2cc(CCCCCN=C(N)N)ccc21)[C@@]1(C(=O)Oc2ccccc2)NC1(C=O)CC=O. The fourth-order valence-corrected chi connectivity index (χ4v) is 5.58.